The number of esters is 1. The van der Waals surface area contributed by atoms with E-state index in [0.29, 0.717) is 11.3 Å². The van der Waals surface area contributed by atoms with Gasteiger partial charge >= 0.3 is 5.97 Å². The number of ether oxygens (including phenoxy) is 2. The van der Waals surface area contributed by atoms with Gasteiger partial charge in [0.25, 0.3) is 0 Å². The molecule has 0 saturated heterocycles. The minimum Gasteiger partial charge on any atom is -0.497 e. The third-order valence-corrected chi connectivity index (χ3v) is 3.03. The van der Waals surface area contributed by atoms with Crippen LogP contribution in [-0.2, 0) is 4.79 Å². The van der Waals surface area contributed by atoms with Crippen molar-refractivity contribution in [3.8, 4) is 11.5 Å². The Morgan fingerprint density at radius 3 is 2.53 bits per heavy atom. The Labute approximate surface area is 111 Å². The lowest BCUT2D eigenvalue weighted by molar-refractivity contribution is -0.126. The molecule has 2 aromatic carbocycles. The number of fused-ring (bicyclic) bond motifs is 1. The summed E-state index contributed by atoms with van der Waals surface area (Å²) < 4.78 is 10.3. The normalized spacial score (nSPS) is 15.2. The van der Waals surface area contributed by atoms with E-state index in [9.17, 15) is 4.79 Å². The van der Waals surface area contributed by atoms with Crippen molar-refractivity contribution < 1.29 is 14.3 Å². The molecule has 3 rings (SSSR count). The van der Waals surface area contributed by atoms with Gasteiger partial charge < -0.3 is 9.47 Å². The number of methoxy groups -OCH3 is 1. The van der Waals surface area contributed by atoms with E-state index in [0.717, 1.165) is 16.9 Å². The molecule has 1 heterocycles. The van der Waals surface area contributed by atoms with Gasteiger partial charge in [-0.3, -0.25) is 0 Å². The number of rotatable bonds is 2. The molecule has 0 aromatic heterocycles. The van der Waals surface area contributed by atoms with Crippen LogP contribution in [-0.4, -0.2) is 13.1 Å². The van der Waals surface area contributed by atoms with Crippen LogP contribution >= 0.6 is 0 Å². The molecule has 0 saturated carbocycles. The van der Waals surface area contributed by atoms with Gasteiger partial charge in [-0.1, -0.05) is 30.3 Å². The van der Waals surface area contributed by atoms with Gasteiger partial charge in [-0.2, -0.15) is 0 Å². The van der Waals surface area contributed by atoms with Gasteiger partial charge in [-0.25, -0.2) is 4.79 Å². The lowest BCUT2D eigenvalue weighted by Crippen LogP contribution is -2.00. The van der Waals surface area contributed by atoms with E-state index in [2.05, 4.69) is 0 Å². The number of carbonyl (C=O) groups is 1. The maximum atomic E-state index is 11.8. The fourth-order valence-corrected chi connectivity index (χ4v) is 2.05. The molecular formula is C16H12O3. The maximum Gasteiger partial charge on any atom is 0.344 e. The second-order valence-corrected chi connectivity index (χ2v) is 4.22. The first-order chi connectivity index (χ1) is 9.28. The molecule has 0 amide bonds. The predicted molar refractivity (Wildman–Crippen MR) is 72.9 cm³/mol. The minimum atomic E-state index is -0.308. The molecule has 0 N–H and O–H groups in total. The number of hydrogen-bond donors (Lipinski definition) is 0. The van der Waals surface area contributed by atoms with Crippen LogP contribution in [0.15, 0.2) is 48.5 Å². The Hall–Kier alpha value is -2.55. The Balaban J connectivity index is 2.01. The number of carbonyl (C=O) groups excluding carboxylic acids is 1. The molecule has 3 heteroatoms. The summed E-state index contributed by atoms with van der Waals surface area (Å²) in [5, 5.41) is 0. The molecule has 0 fully saturated rings. The number of para-hydroxylation sites is 1. The molecule has 2 aromatic rings. The molecule has 0 aliphatic carbocycles. The van der Waals surface area contributed by atoms with Crippen LogP contribution in [0.1, 0.15) is 11.1 Å². The number of hydrogen-bond acceptors (Lipinski definition) is 3. The van der Waals surface area contributed by atoms with Crippen molar-refractivity contribution in [2.75, 3.05) is 7.11 Å². The minimum absolute atomic E-state index is 0.308. The summed E-state index contributed by atoms with van der Waals surface area (Å²) >= 11 is 0. The lowest BCUT2D eigenvalue weighted by atomic mass is 10.0. The van der Waals surface area contributed by atoms with E-state index >= 15 is 0 Å². The second kappa shape index (κ2) is 4.61. The second-order valence-electron chi connectivity index (χ2n) is 4.22. The van der Waals surface area contributed by atoms with Gasteiger partial charge in [-0.05, 0) is 29.8 Å². The largest absolute Gasteiger partial charge is 0.497 e. The van der Waals surface area contributed by atoms with Gasteiger partial charge in [-0.15, -0.1) is 0 Å². The third kappa shape index (κ3) is 2.10. The number of benzene rings is 2. The van der Waals surface area contributed by atoms with Gasteiger partial charge in [0.1, 0.15) is 11.5 Å². The molecule has 94 valence electrons. The van der Waals surface area contributed by atoms with Gasteiger partial charge in [0, 0.05) is 5.56 Å². The molecule has 3 nitrogen and oxygen atoms in total. The molecule has 1 aliphatic rings. The summed E-state index contributed by atoms with van der Waals surface area (Å²) in [6.07, 6.45) is 1.83. The van der Waals surface area contributed by atoms with Crippen molar-refractivity contribution in [2.45, 2.75) is 0 Å². The topological polar surface area (TPSA) is 35.5 Å². The van der Waals surface area contributed by atoms with E-state index < -0.39 is 0 Å². The van der Waals surface area contributed by atoms with Crippen LogP contribution < -0.4 is 9.47 Å². The zero-order chi connectivity index (χ0) is 13.2. The highest BCUT2D eigenvalue weighted by Gasteiger charge is 2.25. The first-order valence-corrected chi connectivity index (χ1v) is 5.95. The van der Waals surface area contributed by atoms with Gasteiger partial charge in [0.2, 0.25) is 0 Å². The highest BCUT2D eigenvalue weighted by molar-refractivity contribution is 6.25. The predicted octanol–water partition coefficient (Wildman–Crippen LogP) is 3.15. The smallest absolute Gasteiger partial charge is 0.344 e. The molecule has 0 bridgehead atoms. The summed E-state index contributed by atoms with van der Waals surface area (Å²) in [4.78, 5) is 11.8. The Bertz CT molecular complexity index is 654. The molecule has 0 radical (unpaired) electrons. The SMILES string of the molecule is COc1ccc(/C=C2/C(=O)Oc3ccccc32)cc1. The quantitative estimate of drug-likeness (QED) is 0.468. The van der Waals surface area contributed by atoms with Crippen molar-refractivity contribution in [1.82, 2.24) is 0 Å². The summed E-state index contributed by atoms with van der Waals surface area (Å²) in [6, 6.07) is 14.9. The van der Waals surface area contributed by atoms with Crippen LogP contribution in [0.25, 0.3) is 11.6 Å². The molecule has 0 spiro atoms. The summed E-state index contributed by atoms with van der Waals surface area (Å²) in [5.41, 5.74) is 2.36. The molecule has 1 aliphatic heterocycles. The standard InChI is InChI=1S/C16H12O3/c1-18-12-8-6-11(7-9-12)10-14-13-4-2-3-5-15(13)19-16(14)17/h2-10H,1H3/b14-10+. The van der Waals surface area contributed by atoms with Crippen molar-refractivity contribution in [3.63, 3.8) is 0 Å². The van der Waals surface area contributed by atoms with Crippen LogP contribution in [0.3, 0.4) is 0 Å². The fraction of sp³-hybridized carbons (Fsp3) is 0.0625. The first-order valence-electron chi connectivity index (χ1n) is 5.95. The van der Waals surface area contributed by atoms with Gasteiger partial charge in [0.05, 0.1) is 12.7 Å². The molecule has 19 heavy (non-hydrogen) atoms. The lowest BCUT2D eigenvalue weighted by Gasteiger charge is -2.00. The Morgan fingerprint density at radius 1 is 1.05 bits per heavy atom. The van der Waals surface area contributed by atoms with Crippen molar-refractivity contribution in [1.29, 1.82) is 0 Å². The average molecular weight is 252 g/mol. The highest BCUT2D eigenvalue weighted by atomic mass is 16.5. The first kappa shape index (κ1) is 11.5. The zero-order valence-electron chi connectivity index (χ0n) is 10.4. The Kier molecular flexibility index (Phi) is 2.80. The van der Waals surface area contributed by atoms with Crippen molar-refractivity contribution in [3.05, 3.63) is 59.7 Å². The maximum absolute atomic E-state index is 11.8. The summed E-state index contributed by atoms with van der Waals surface area (Å²) in [6.45, 7) is 0. The van der Waals surface area contributed by atoms with Crippen LogP contribution in [0, 0.1) is 0 Å². The molecule has 0 atom stereocenters. The van der Waals surface area contributed by atoms with Crippen molar-refractivity contribution in [2.24, 2.45) is 0 Å². The van der Waals surface area contributed by atoms with E-state index in [1.807, 2.05) is 48.5 Å². The fourth-order valence-electron chi connectivity index (χ4n) is 2.05. The summed E-state index contributed by atoms with van der Waals surface area (Å²) in [5.74, 6) is 1.10. The highest BCUT2D eigenvalue weighted by Crippen LogP contribution is 2.34. The van der Waals surface area contributed by atoms with Crippen LogP contribution in [0.5, 0.6) is 11.5 Å². The van der Waals surface area contributed by atoms with Gasteiger partial charge in [0.15, 0.2) is 0 Å². The third-order valence-electron chi connectivity index (χ3n) is 3.03. The van der Waals surface area contributed by atoms with Crippen molar-refractivity contribution >= 4 is 17.6 Å². The van der Waals surface area contributed by atoms with E-state index in [1.165, 1.54) is 0 Å². The van der Waals surface area contributed by atoms with Crippen LogP contribution in [0.4, 0.5) is 0 Å². The Morgan fingerprint density at radius 2 is 1.79 bits per heavy atom. The average Bonchev–Trinajstić information content (AvgIpc) is 2.76. The van der Waals surface area contributed by atoms with Crippen LogP contribution in [0.2, 0.25) is 0 Å². The zero-order valence-corrected chi connectivity index (χ0v) is 10.4. The summed E-state index contributed by atoms with van der Waals surface area (Å²) in [7, 11) is 1.62. The van der Waals surface area contributed by atoms with E-state index in [-0.39, 0.29) is 5.97 Å². The van der Waals surface area contributed by atoms with E-state index in [4.69, 9.17) is 9.47 Å². The van der Waals surface area contributed by atoms with E-state index in [1.54, 1.807) is 13.2 Å². The monoisotopic (exact) mass is 252 g/mol. The molecular weight excluding hydrogens is 240 g/mol. The molecule has 0 unspecified atom stereocenters.